The minimum atomic E-state index is -0.0697. The first-order valence-corrected chi connectivity index (χ1v) is 7.24. The van der Waals surface area contributed by atoms with Gasteiger partial charge in [-0.05, 0) is 37.8 Å². The van der Waals surface area contributed by atoms with E-state index in [1.807, 2.05) is 13.0 Å². The second-order valence-corrected chi connectivity index (χ2v) is 5.21. The Bertz CT molecular complexity index is 446. The van der Waals surface area contributed by atoms with E-state index in [4.69, 9.17) is 4.74 Å². The molecule has 1 N–H and O–H groups in total. The summed E-state index contributed by atoms with van der Waals surface area (Å²) < 4.78 is 5.55. The van der Waals surface area contributed by atoms with Crippen LogP contribution in [0.4, 0.5) is 5.69 Å². The molecule has 110 valence electrons. The number of hydrogen-bond donors (Lipinski definition) is 1. The maximum Gasteiger partial charge on any atom is 0.272 e. The third-order valence-corrected chi connectivity index (χ3v) is 3.33. The molecule has 1 aromatic heterocycles. The summed E-state index contributed by atoms with van der Waals surface area (Å²) in [6.45, 7) is 4.86. The van der Waals surface area contributed by atoms with Crippen molar-refractivity contribution in [2.24, 2.45) is 5.92 Å². The molecule has 1 amide bonds. The van der Waals surface area contributed by atoms with E-state index in [0.717, 1.165) is 24.8 Å². The first kappa shape index (κ1) is 14.8. The molecule has 0 spiro atoms. The summed E-state index contributed by atoms with van der Waals surface area (Å²) in [4.78, 5) is 18.0. The molecule has 1 fully saturated rings. The van der Waals surface area contributed by atoms with Gasteiger partial charge in [0.15, 0.2) is 0 Å². The summed E-state index contributed by atoms with van der Waals surface area (Å²) >= 11 is 0. The van der Waals surface area contributed by atoms with Crippen molar-refractivity contribution in [2.75, 3.05) is 38.7 Å². The Hall–Kier alpha value is -1.62. The molecule has 1 aromatic rings. The minimum absolute atomic E-state index is 0.0697. The molecule has 0 saturated heterocycles. The third kappa shape index (κ3) is 4.49. The molecular formula is C15H23N3O2. The third-order valence-electron chi connectivity index (χ3n) is 3.33. The van der Waals surface area contributed by atoms with Crippen LogP contribution in [0.25, 0.3) is 0 Å². The molecule has 1 aliphatic carbocycles. The van der Waals surface area contributed by atoms with E-state index in [0.29, 0.717) is 18.8 Å². The molecular weight excluding hydrogens is 254 g/mol. The lowest BCUT2D eigenvalue weighted by atomic mass is 10.3. The Morgan fingerprint density at radius 1 is 1.55 bits per heavy atom. The highest BCUT2D eigenvalue weighted by molar-refractivity contribution is 5.92. The largest absolute Gasteiger partial charge is 0.385 e. The molecule has 0 radical (unpaired) electrons. The van der Waals surface area contributed by atoms with Gasteiger partial charge in [-0.3, -0.25) is 9.78 Å². The molecule has 5 heteroatoms. The number of pyridine rings is 1. The standard InChI is InChI=1S/C15H23N3O2/c1-3-16-13-6-7-17-14(10-13)15(19)18(2)8-9-20-11-12-4-5-12/h6-7,10,12H,3-5,8-9,11H2,1-2H3,(H,16,17). The van der Waals surface area contributed by atoms with E-state index in [9.17, 15) is 4.79 Å². The Balaban J connectivity index is 1.80. The van der Waals surface area contributed by atoms with Crippen LogP contribution in [0.1, 0.15) is 30.3 Å². The van der Waals surface area contributed by atoms with Gasteiger partial charge in [-0.2, -0.15) is 0 Å². The topological polar surface area (TPSA) is 54.5 Å². The van der Waals surface area contributed by atoms with Crippen LogP contribution >= 0.6 is 0 Å². The van der Waals surface area contributed by atoms with Gasteiger partial charge in [-0.15, -0.1) is 0 Å². The van der Waals surface area contributed by atoms with Crippen LogP contribution in [-0.4, -0.2) is 49.1 Å². The molecule has 5 nitrogen and oxygen atoms in total. The van der Waals surface area contributed by atoms with E-state index in [1.54, 1.807) is 24.2 Å². The van der Waals surface area contributed by atoms with Gasteiger partial charge in [-0.25, -0.2) is 0 Å². The predicted octanol–water partition coefficient (Wildman–Crippen LogP) is 2.01. The van der Waals surface area contributed by atoms with E-state index >= 15 is 0 Å². The number of carbonyl (C=O) groups is 1. The summed E-state index contributed by atoms with van der Waals surface area (Å²) in [5, 5.41) is 3.18. The second-order valence-electron chi connectivity index (χ2n) is 5.21. The quantitative estimate of drug-likeness (QED) is 0.739. The Morgan fingerprint density at radius 2 is 2.35 bits per heavy atom. The maximum atomic E-state index is 12.2. The fraction of sp³-hybridized carbons (Fsp3) is 0.600. The number of rotatable bonds is 8. The maximum absolute atomic E-state index is 12.2. The lowest BCUT2D eigenvalue weighted by Crippen LogP contribution is -2.31. The Kier molecular flexibility index (Phi) is 5.35. The number of hydrogen-bond acceptors (Lipinski definition) is 4. The number of anilines is 1. The van der Waals surface area contributed by atoms with Crippen molar-refractivity contribution in [2.45, 2.75) is 19.8 Å². The van der Waals surface area contributed by atoms with Crippen molar-refractivity contribution in [3.63, 3.8) is 0 Å². The lowest BCUT2D eigenvalue weighted by Gasteiger charge is -2.17. The lowest BCUT2D eigenvalue weighted by molar-refractivity contribution is 0.0676. The van der Waals surface area contributed by atoms with Crippen molar-refractivity contribution in [1.82, 2.24) is 9.88 Å². The van der Waals surface area contributed by atoms with Crippen molar-refractivity contribution in [1.29, 1.82) is 0 Å². The number of carbonyl (C=O) groups excluding carboxylic acids is 1. The number of amides is 1. The Labute approximate surface area is 120 Å². The zero-order chi connectivity index (χ0) is 14.4. The van der Waals surface area contributed by atoms with Crippen LogP contribution in [-0.2, 0) is 4.74 Å². The molecule has 1 aliphatic rings. The second kappa shape index (κ2) is 7.24. The van der Waals surface area contributed by atoms with Crippen LogP contribution in [0.15, 0.2) is 18.3 Å². The van der Waals surface area contributed by atoms with Crippen molar-refractivity contribution >= 4 is 11.6 Å². The van der Waals surface area contributed by atoms with Crippen LogP contribution in [0.3, 0.4) is 0 Å². The van der Waals surface area contributed by atoms with Gasteiger partial charge in [0.05, 0.1) is 6.61 Å². The molecule has 0 atom stereocenters. The zero-order valence-electron chi connectivity index (χ0n) is 12.3. The monoisotopic (exact) mass is 277 g/mol. The van der Waals surface area contributed by atoms with Crippen molar-refractivity contribution in [3.8, 4) is 0 Å². The molecule has 0 aliphatic heterocycles. The van der Waals surface area contributed by atoms with E-state index < -0.39 is 0 Å². The van der Waals surface area contributed by atoms with Gasteiger partial charge < -0.3 is 15.0 Å². The average molecular weight is 277 g/mol. The van der Waals surface area contributed by atoms with Gasteiger partial charge in [-0.1, -0.05) is 0 Å². The highest BCUT2D eigenvalue weighted by Crippen LogP contribution is 2.28. The molecule has 1 heterocycles. The number of nitrogens with zero attached hydrogens (tertiary/aromatic N) is 2. The van der Waals surface area contributed by atoms with Gasteiger partial charge in [0.1, 0.15) is 5.69 Å². The van der Waals surface area contributed by atoms with E-state index in [2.05, 4.69) is 10.3 Å². The molecule has 1 saturated carbocycles. The van der Waals surface area contributed by atoms with Gasteiger partial charge in [0.2, 0.25) is 0 Å². The predicted molar refractivity (Wildman–Crippen MR) is 78.9 cm³/mol. The number of ether oxygens (including phenoxy) is 1. The van der Waals surface area contributed by atoms with Gasteiger partial charge >= 0.3 is 0 Å². The summed E-state index contributed by atoms with van der Waals surface area (Å²) in [6, 6.07) is 3.65. The number of likely N-dealkylation sites (N-methyl/N-ethyl adjacent to an activating group) is 1. The van der Waals surface area contributed by atoms with E-state index in [-0.39, 0.29) is 5.91 Å². The zero-order valence-corrected chi connectivity index (χ0v) is 12.3. The van der Waals surface area contributed by atoms with Crippen LogP contribution in [0, 0.1) is 5.92 Å². The first-order chi connectivity index (χ1) is 9.70. The van der Waals surface area contributed by atoms with Crippen LogP contribution < -0.4 is 5.32 Å². The summed E-state index contributed by atoms with van der Waals surface area (Å²) in [5.41, 5.74) is 1.39. The highest BCUT2D eigenvalue weighted by atomic mass is 16.5. The van der Waals surface area contributed by atoms with E-state index in [1.165, 1.54) is 12.8 Å². The first-order valence-electron chi connectivity index (χ1n) is 7.24. The fourth-order valence-corrected chi connectivity index (χ4v) is 1.89. The molecule has 2 rings (SSSR count). The molecule has 0 bridgehead atoms. The van der Waals surface area contributed by atoms with Crippen molar-refractivity contribution < 1.29 is 9.53 Å². The van der Waals surface area contributed by atoms with Crippen LogP contribution in [0.2, 0.25) is 0 Å². The fourth-order valence-electron chi connectivity index (χ4n) is 1.89. The van der Waals surface area contributed by atoms with Crippen LogP contribution in [0.5, 0.6) is 0 Å². The molecule has 0 unspecified atom stereocenters. The average Bonchev–Trinajstić information content (AvgIpc) is 3.27. The smallest absolute Gasteiger partial charge is 0.272 e. The van der Waals surface area contributed by atoms with Gasteiger partial charge in [0.25, 0.3) is 5.91 Å². The minimum Gasteiger partial charge on any atom is -0.385 e. The summed E-state index contributed by atoms with van der Waals surface area (Å²) in [7, 11) is 1.78. The Morgan fingerprint density at radius 3 is 3.05 bits per heavy atom. The number of nitrogens with one attached hydrogen (secondary N) is 1. The van der Waals surface area contributed by atoms with Gasteiger partial charge in [0, 0.05) is 38.6 Å². The molecule has 20 heavy (non-hydrogen) atoms. The molecule has 0 aromatic carbocycles. The normalized spacial score (nSPS) is 14.1. The van der Waals surface area contributed by atoms with Crippen molar-refractivity contribution in [3.05, 3.63) is 24.0 Å². The number of aromatic nitrogens is 1. The highest BCUT2D eigenvalue weighted by Gasteiger charge is 2.21. The summed E-state index contributed by atoms with van der Waals surface area (Å²) in [5.74, 6) is 0.689. The SMILES string of the molecule is CCNc1ccnc(C(=O)N(C)CCOCC2CC2)c1. The summed E-state index contributed by atoms with van der Waals surface area (Å²) in [6.07, 6.45) is 4.23.